The molecule has 0 radical (unpaired) electrons. The van der Waals surface area contributed by atoms with Gasteiger partial charge < -0.3 is 10.1 Å². The average molecular weight is 405 g/mol. The molecule has 1 heterocycles. The van der Waals surface area contributed by atoms with Gasteiger partial charge in [0.2, 0.25) is 5.91 Å². The fourth-order valence-electron chi connectivity index (χ4n) is 3.51. The van der Waals surface area contributed by atoms with Crippen LogP contribution in [-0.2, 0) is 32.3 Å². The van der Waals surface area contributed by atoms with Gasteiger partial charge in [-0.3, -0.25) is 4.79 Å². The summed E-state index contributed by atoms with van der Waals surface area (Å²) >= 11 is 0. The van der Waals surface area contributed by atoms with Gasteiger partial charge in [0, 0.05) is 26.0 Å². The molecule has 28 heavy (non-hydrogen) atoms. The maximum Gasteiger partial charge on any atom is 0.226 e. The van der Waals surface area contributed by atoms with E-state index < -0.39 is 15.3 Å². The third-order valence-electron chi connectivity index (χ3n) is 5.17. The third-order valence-corrected chi connectivity index (χ3v) is 6.30. The van der Waals surface area contributed by atoms with Crippen LogP contribution in [0, 0.1) is 11.2 Å². The van der Waals surface area contributed by atoms with Crippen molar-refractivity contribution in [1.82, 2.24) is 5.32 Å². The van der Waals surface area contributed by atoms with E-state index in [9.17, 15) is 17.6 Å². The number of carbonyl (C=O) groups is 1. The lowest BCUT2D eigenvalue weighted by atomic mass is 9.74. The molecule has 0 aliphatic carbocycles. The van der Waals surface area contributed by atoms with Crippen LogP contribution in [0.4, 0.5) is 4.39 Å². The number of ether oxygens (including phenoxy) is 1. The highest BCUT2D eigenvalue weighted by Crippen LogP contribution is 2.35. The summed E-state index contributed by atoms with van der Waals surface area (Å²) in [6.45, 7) is 1.28. The Morgan fingerprint density at radius 1 is 1.11 bits per heavy atom. The van der Waals surface area contributed by atoms with Crippen molar-refractivity contribution in [2.75, 3.05) is 19.5 Å². The quantitative estimate of drug-likeness (QED) is 0.802. The molecule has 150 valence electrons. The van der Waals surface area contributed by atoms with Crippen LogP contribution in [-0.4, -0.2) is 33.8 Å². The van der Waals surface area contributed by atoms with Crippen molar-refractivity contribution in [3.63, 3.8) is 0 Å². The van der Waals surface area contributed by atoms with Crippen molar-refractivity contribution < 1.29 is 22.3 Å². The lowest BCUT2D eigenvalue weighted by Crippen LogP contribution is -2.45. The first kappa shape index (κ1) is 20.5. The van der Waals surface area contributed by atoms with Crippen LogP contribution < -0.4 is 5.32 Å². The van der Waals surface area contributed by atoms with Gasteiger partial charge in [0.25, 0.3) is 0 Å². The van der Waals surface area contributed by atoms with Crippen molar-refractivity contribution in [2.24, 2.45) is 5.41 Å². The lowest BCUT2D eigenvalue weighted by Gasteiger charge is -2.36. The molecule has 1 fully saturated rings. The zero-order chi connectivity index (χ0) is 20.2. The first-order valence-electron chi connectivity index (χ1n) is 9.18. The SMILES string of the molecule is CS(=O)(=O)c1ccc(CNC(=O)C2(Cc3cccc(F)c3)CCOCC2)cc1. The number of benzene rings is 2. The van der Waals surface area contributed by atoms with E-state index in [0.717, 1.165) is 17.4 Å². The van der Waals surface area contributed by atoms with Crippen LogP contribution in [0.25, 0.3) is 0 Å². The lowest BCUT2D eigenvalue weighted by molar-refractivity contribution is -0.136. The van der Waals surface area contributed by atoms with E-state index in [0.29, 0.717) is 39.0 Å². The molecule has 1 N–H and O–H groups in total. The molecule has 0 unspecified atom stereocenters. The summed E-state index contributed by atoms with van der Waals surface area (Å²) in [6.07, 6.45) is 2.75. The highest BCUT2D eigenvalue weighted by atomic mass is 32.2. The molecule has 1 aliphatic heterocycles. The Labute approximate surface area is 164 Å². The predicted octanol–water partition coefficient (Wildman–Crippen LogP) is 2.88. The van der Waals surface area contributed by atoms with Crippen LogP contribution in [0.3, 0.4) is 0 Å². The molecule has 0 saturated carbocycles. The zero-order valence-corrected chi connectivity index (χ0v) is 16.6. The molecular formula is C21H24FNO4S. The van der Waals surface area contributed by atoms with E-state index in [-0.39, 0.29) is 16.6 Å². The minimum atomic E-state index is -3.25. The Morgan fingerprint density at radius 3 is 2.39 bits per heavy atom. The molecule has 3 rings (SSSR count). The van der Waals surface area contributed by atoms with E-state index in [2.05, 4.69) is 5.32 Å². The predicted molar refractivity (Wildman–Crippen MR) is 104 cm³/mol. The number of hydrogen-bond acceptors (Lipinski definition) is 4. The first-order chi connectivity index (χ1) is 13.3. The van der Waals surface area contributed by atoms with Gasteiger partial charge in [-0.05, 0) is 54.7 Å². The molecule has 0 aromatic heterocycles. The summed E-state index contributed by atoms with van der Waals surface area (Å²) in [7, 11) is -3.25. The van der Waals surface area contributed by atoms with E-state index >= 15 is 0 Å². The fourth-order valence-corrected chi connectivity index (χ4v) is 4.14. The number of sulfone groups is 1. The van der Waals surface area contributed by atoms with Gasteiger partial charge in [-0.1, -0.05) is 24.3 Å². The zero-order valence-electron chi connectivity index (χ0n) is 15.8. The molecule has 2 aromatic carbocycles. The molecule has 1 saturated heterocycles. The Bertz CT molecular complexity index is 935. The van der Waals surface area contributed by atoms with Crippen LogP contribution in [0.1, 0.15) is 24.0 Å². The Balaban J connectivity index is 1.71. The molecule has 7 heteroatoms. The summed E-state index contributed by atoms with van der Waals surface area (Å²) in [4.78, 5) is 13.3. The van der Waals surface area contributed by atoms with Gasteiger partial charge in [0.1, 0.15) is 5.82 Å². The van der Waals surface area contributed by atoms with E-state index in [1.165, 1.54) is 24.3 Å². The number of hydrogen-bond donors (Lipinski definition) is 1. The second-order valence-electron chi connectivity index (χ2n) is 7.30. The number of nitrogens with one attached hydrogen (secondary N) is 1. The largest absolute Gasteiger partial charge is 0.381 e. The van der Waals surface area contributed by atoms with Crippen LogP contribution in [0.5, 0.6) is 0 Å². The molecule has 1 amide bonds. The number of carbonyl (C=O) groups excluding carboxylic acids is 1. The summed E-state index contributed by atoms with van der Waals surface area (Å²) < 4.78 is 42.1. The van der Waals surface area contributed by atoms with Crippen molar-refractivity contribution in [3.05, 3.63) is 65.5 Å². The maximum atomic E-state index is 13.6. The Hall–Kier alpha value is -2.25. The van der Waals surface area contributed by atoms with Gasteiger partial charge in [-0.2, -0.15) is 0 Å². The number of rotatable bonds is 6. The van der Waals surface area contributed by atoms with Gasteiger partial charge in [0.15, 0.2) is 9.84 Å². The number of amides is 1. The summed E-state index contributed by atoms with van der Waals surface area (Å²) in [5.74, 6) is -0.404. The third kappa shape index (κ3) is 4.97. The van der Waals surface area contributed by atoms with Crippen LogP contribution in [0.2, 0.25) is 0 Å². The molecule has 2 aromatic rings. The fraction of sp³-hybridized carbons (Fsp3) is 0.381. The molecule has 1 aliphatic rings. The van der Waals surface area contributed by atoms with Crippen molar-refractivity contribution >= 4 is 15.7 Å². The van der Waals surface area contributed by atoms with Gasteiger partial charge in [0.05, 0.1) is 10.3 Å². The van der Waals surface area contributed by atoms with Gasteiger partial charge in [-0.15, -0.1) is 0 Å². The molecule has 0 atom stereocenters. The Morgan fingerprint density at radius 2 is 1.79 bits per heavy atom. The monoisotopic (exact) mass is 405 g/mol. The molecule has 0 bridgehead atoms. The Kier molecular flexibility index (Phi) is 6.15. The summed E-state index contributed by atoms with van der Waals surface area (Å²) in [6, 6.07) is 12.8. The number of halogens is 1. The smallest absolute Gasteiger partial charge is 0.226 e. The second-order valence-corrected chi connectivity index (χ2v) is 9.31. The minimum Gasteiger partial charge on any atom is -0.381 e. The second kappa shape index (κ2) is 8.41. The van der Waals surface area contributed by atoms with E-state index in [4.69, 9.17) is 4.74 Å². The van der Waals surface area contributed by atoms with Crippen molar-refractivity contribution in [1.29, 1.82) is 0 Å². The highest BCUT2D eigenvalue weighted by molar-refractivity contribution is 7.90. The van der Waals surface area contributed by atoms with Gasteiger partial charge >= 0.3 is 0 Å². The van der Waals surface area contributed by atoms with E-state index in [1.807, 2.05) is 6.07 Å². The van der Waals surface area contributed by atoms with Crippen LogP contribution >= 0.6 is 0 Å². The van der Waals surface area contributed by atoms with Crippen LogP contribution in [0.15, 0.2) is 53.4 Å². The molecule has 0 spiro atoms. The summed E-state index contributed by atoms with van der Waals surface area (Å²) in [5, 5.41) is 2.96. The maximum absolute atomic E-state index is 13.6. The minimum absolute atomic E-state index is 0.0905. The first-order valence-corrected chi connectivity index (χ1v) is 11.1. The normalized spacial score (nSPS) is 16.5. The van der Waals surface area contributed by atoms with Crippen molar-refractivity contribution in [3.8, 4) is 0 Å². The topological polar surface area (TPSA) is 72.5 Å². The molecule has 5 nitrogen and oxygen atoms in total. The van der Waals surface area contributed by atoms with Gasteiger partial charge in [-0.25, -0.2) is 12.8 Å². The average Bonchev–Trinajstić information content (AvgIpc) is 2.66. The van der Waals surface area contributed by atoms with Crippen molar-refractivity contribution in [2.45, 2.75) is 30.7 Å². The molecular weight excluding hydrogens is 381 g/mol. The summed E-state index contributed by atoms with van der Waals surface area (Å²) in [5.41, 5.74) is 0.960. The van der Waals surface area contributed by atoms with E-state index in [1.54, 1.807) is 18.2 Å². The highest BCUT2D eigenvalue weighted by Gasteiger charge is 2.40. The standard InChI is InChI=1S/C21H24FNO4S/c1-28(25,26)19-7-5-16(6-8-19)15-23-20(24)21(9-11-27-12-10-21)14-17-3-2-4-18(22)13-17/h2-8,13H,9-12,14-15H2,1H3,(H,23,24).